The molecule has 5 nitrogen and oxygen atoms in total. The lowest BCUT2D eigenvalue weighted by Crippen LogP contribution is -2.37. The van der Waals surface area contributed by atoms with Gasteiger partial charge in [-0.25, -0.2) is 4.79 Å². The molecule has 1 heterocycles. The summed E-state index contributed by atoms with van der Waals surface area (Å²) in [6.45, 7) is 1.37. The van der Waals surface area contributed by atoms with E-state index in [4.69, 9.17) is 9.15 Å². The first-order valence-electron chi connectivity index (χ1n) is 7.05. The zero-order chi connectivity index (χ0) is 16.4. The van der Waals surface area contributed by atoms with Crippen LogP contribution in [-0.2, 0) is 4.79 Å². The van der Waals surface area contributed by atoms with Crippen LogP contribution in [0.5, 0.6) is 5.75 Å². The molecule has 0 radical (unpaired) electrons. The number of carboxylic acid groups (broad SMARTS) is 1. The molecule has 1 aromatic heterocycles. The topological polar surface area (TPSA) is 79.6 Å². The number of rotatable bonds is 4. The van der Waals surface area contributed by atoms with E-state index >= 15 is 0 Å². The third-order valence-electron chi connectivity index (χ3n) is 3.45. The van der Waals surface area contributed by atoms with Gasteiger partial charge in [-0.1, -0.05) is 30.3 Å². The normalized spacial score (nSPS) is 12.0. The van der Waals surface area contributed by atoms with Crippen LogP contribution in [0, 0.1) is 0 Å². The molecule has 3 rings (SSSR count). The molecule has 0 aliphatic heterocycles. The van der Waals surface area contributed by atoms with E-state index in [1.54, 1.807) is 12.1 Å². The van der Waals surface area contributed by atoms with E-state index in [1.165, 1.54) is 19.1 Å². The number of benzene rings is 2. The Kier molecular flexibility index (Phi) is 3.85. The largest absolute Gasteiger partial charge is 0.546 e. The predicted octanol–water partition coefficient (Wildman–Crippen LogP) is 1.98. The first-order valence-corrected chi connectivity index (χ1v) is 7.05. The fourth-order valence-electron chi connectivity index (χ4n) is 2.33. The summed E-state index contributed by atoms with van der Waals surface area (Å²) in [5.74, 6) is -1.02. The number of carboxylic acids is 1. The number of hydrogen-bond acceptors (Lipinski definition) is 5. The number of hydrogen-bond donors (Lipinski definition) is 0. The van der Waals surface area contributed by atoms with E-state index in [0.717, 1.165) is 16.5 Å². The molecule has 0 unspecified atom stereocenters. The van der Waals surface area contributed by atoms with E-state index < -0.39 is 17.7 Å². The lowest BCUT2D eigenvalue weighted by atomic mass is 10.0. The van der Waals surface area contributed by atoms with E-state index in [1.807, 2.05) is 30.3 Å². The van der Waals surface area contributed by atoms with Crippen molar-refractivity contribution >= 4 is 16.9 Å². The van der Waals surface area contributed by atoms with Gasteiger partial charge in [0.2, 0.25) is 0 Å². The van der Waals surface area contributed by atoms with Crippen molar-refractivity contribution in [1.29, 1.82) is 0 Å². The molecule has 1 atom stereocenters. The molecule has 116 valence electrons. The molecule has 0 amide bonds. The lowest BCUT2D eigenvalue weighted by Gasteiger charge is -2.15. The summed E-state index contributed by atoms with van der Waals surface area (Å²) in [6.07, 6.45) is -1.10. The summed E-state index contributed by atoms with van der Waals surface area (Å²) in [5, 5.41) is 11.5. The average molecular weight is 309 g/mol. The summed E-state index contributed by atoms with van der Waals surface area (Å²) in [4.78, 5) is 22.6. The molecular formula is C18H13O5-. The summed E-state index contributed by atoms with van der Waals surface area (Å²) >= 11 is 0. The Morgan fingerprint density at radius 3 is 2.57 bits per heavy atom. The van der Waals surface area contributed by atoms with Crippen molar-refractivity contribution in [2.45, 2.75) is 13.0 Å². The van der Waals surface area contributed by atoms with Gasteiger partial charge in [0.05, 0.1) is 5.97 Å². The number of carbonyl (C=O) groups is 1. The highest BCUT2D eigenvalue weighted by Crippen LogP contribution is 2.29. The summed E-state index contributed by atoms with van der Waals surface area (Å²) in [5.41, 5.74) is 1.49. The Hall–Kier alpha value is -3.08. The first-order chi connectivity index (χ1) is 11.0. The summed E-state index contributed by atoms with van der Waals surface area (Å²) in [6, 6.07) is 15.8. The highest BCUT2D eigenvalue weighted by atomic mass is 16.5. The van der Waals surface area contributed by atoms with E-state index in [9.17, 15) is 14.7 Å². The van der Waals surface area contributed by atoms with Crippen molar-refractivity contribution in [3.63, 3.8) is 0 Å². The van der Waals surface area contributed by atoms with Gasteiger partial charge in [-0.3, -0.25) is 0 Å². The minimum atomic E-state index is -1.32. The number of aliphatic carboxylic acids is 1. The van der Waals surface area contributed by atoms with Crippen LogP contribution in [0.15, 0.2) is 63.8 Å². The Bertz CT molecular complexity index is 912. The van der Waals surface area contributed by atoms with E-state index in [-0.39, 0.29) is 0 Å². The van der Waals surface area contributed by atoms with Gasteiger partial charge in [0.15, 0.2) is 0 Å². The van der Waals surface area contributed by atoms with E-state index in [0.29, 0.717) is 11.3 Å². The summed E-state index contributed by atoms with van der Waals surface area (Å²) < 4.78 is 10.5. The molecule has 0 bridgehead atoms. The van der Waals surface area contributed by atoms with Gasteiger partial charge >= 0.3 is 5.63 Å². The van der Waals surface area contributed by atoms with Crippen molar-refractivity contribution in [2.75, 3.05) is 0 Å². The molecule has 2 aromatic carbocycles. The zero-order valence-electron chi connectivity index (χ0n) is 12.3. The van der Waals surface area contributed by atoms with Gasteiger partial charge in [-0.2, -0.15) is 0 Å². The van der Waals surface area contributed by atoms with Crippen LogP contribution in [0.25, 0.3) is 22.1 Å². The Morgan fingerprint density at radius 2 is 1.87 bits per heavy atom. The maximum atomic E-state index is 11.8. The van der Waals surface area contributed by atoms with E-state index in [2.05, 4.69) is 0 Å². The van der Waals surface area contributed by atoms with Crippen LogP contribution in [0.1, 0.15) is 6.92 Å². The van der Waals surface area contributed by atoms with Crippen molar-refractivity contribution in [3.8, 4) is 16.9 Å². The fourth-order valence-corrected chi connectivity index (χ4v) is 2.33. The van der Waals surface area contributed by atoms with Crippen molar-refractivity contribution in [2.24, 2.45) is 0 Å². The third kappa shape index (κ3) is 3.08. The molecule has 0 aliphatic rings. The second-order valence-electron chi connectivity index (χ2n) is 5.08. The minimum absolute atomic E-state index is 0.294. The lowest BCUT2D eigenvalue weighted by molar-refractivity contribution is -0.312. The van der Waals surface area contributed by atoms with Gasteiger partial charge in [-0.05, 0) is 30.2 Å². The highest BCUT2D eigenvalue weighted by Gasteiger charge is 2.10. The fraction of sp³-hybridized carbons (Fsp3) is 0.111. The van der Waals surface area contributed by atoms with Crippen molar-refractivity contribution < 1.29 is 19.1 Å². The van der Waals surface area contributed by atoms with Crippen LogP contribution >= 0.6 is 0 Å². The smallest absolute Gasteiger partial charge is 0.336 e. The summed E-state index contributed by atoms with van der Waals surface area (Å²) in [7, 11) is 0. The monoisotopic (exact) mass is 309 g/mol. The zero-order valence-corrected chi connectivity index (χ0v) is 12.3. The molecule has 0 N–H and O–H groups in total. The predicted molar refractivity (Wildman–Crippen MR) is 83.0 cm³/mol. The Morgan fingerprint density at radius 1 is 1.13 bits per heavy atom. The number of ether oxygens (including phenoxy) is 1. The maximum absolute atomic E-state index is 11.8. The van der Waals surface area contributed by atoms with Crippen LogP contribution in [-0.4, -0.2) is 12.1 Å². The van der Waals surface area contributed by atoms with Gasteiger partial charge in [0, 0.05) is 17.5 Å². The van der Waals surface area contributed by atoms with Crippen LogP contribution in [0.2, 0.25) is 0 Å². The van der Waals surface area contributed by atoms with Gasteiger partial charge < -0.3 is 19.1 Å². The molecule has 0 saturated heterocycles. The van der Waals surface area contributed by atoms with Gasteiger partial charge in [0.1, 0.15) is 17.4 Å². The molecule has 0 saturated carbocycles. The van der Waals surface area contributed by atoms with Crippen LogP contribution in [0.4, 0.5) is 0 Å². The standard InChI is InChI=1S/C18H14O5/c1-11(18(20)21)22-13-7-8-14-15(12-5-3-2-4-6-12)10-17(19)23-16(14)9-13/h2-11H,1H3,(H,20,21)/p-1/t11-/m1/s1. The highest BCUT2D eigenvalue weighted by molar-refractivity contribution is 5.93. The van der Waals surface area contributed by atoms with Crippen LogP contribution < -0.4 is 15.5 Å². The third-order valence-corrected chi connectivity index (χ3v) is 3.45. The Labute approximate surface area is 131 Å². The molecule has 0 spiro atoms. The second kappa shape index (κ2) is 5.96. The molecule has 0 fully saturated rings. The SMILES string of the molecule is C[C@@H](Oc1ccc2c(-c3ccccc3)cc(=O)oc2c1)C(=O)[O-]. The molecule has 3 aromatic rings. The molecule has 5 heteroatoms. The van der Waals surface area contributed by atoms with Crippen LogP contribution in [0.3, 0.4) is 0 Å². The quantitative estimate of drug-likeness (QED) is 0.688. The number of fused-ring (bicyclic) bond motifs is 1. The van der Waals surface area contributed by atoms with Crippen molar-refractivity contribution in [3.05, 3.63) is 65.0 Å². The molecule has 0 aliphatic carbocycles. The first kappa shape index (κ1) is 14.8. The maximum Gasteiger partial charge on any atom is 0.336 e. The van der Waals surface area contributed by atoms with Crippen molar-refractivity contribution in [1.82, 2.24) is 0 Å². The Balaban J connectivity index is 2.11. The second-order valence-corrected chi connectivity index (χ2v) is 5.08. The number of carbonyl (C=O) groups excluding carboxylic acids is 1. The minimum Gasteiger partial charge on any atom is -0.546 e. The molecule has 23 heavy (non-hydrogen) atoms. The van der Waals surface area contributed by atoms with Gasteiger partial charge in [-0.15, -0.1) is 0 Å². The molecular weight excluding hydrogens is 296 g/mol. The average Bonchev–Trinajstić information content (AvgIpc) is 2.54. The van der Waals surface area contributed by atoms with Gasteiger partial charge in [0.25, 0.3) is 0 Å².